The van der Waals surface area contributed by atoms with Crippen LogP contribution in [-0.4, -0.2) is 36.6 Å². The molecule has 0 aromatic heterocycles. The van der Waals surface area contributed by atoms with Gasteiger partial charge in [0.15, 0.2) is 0 Å². The normalized spacial score (nSPS) is 31.2. The average molecular weight is 222 g/mol. The van der Waals surface area contributed by atoms with Gasteiger partial charge < -0.3 is 10.2 Å². The van der Waals surface area contributed by atoms with Gasteiger partial charge >= 0.3 is 0 Å². The molecule has 1 heterocycles. The first-order valence-electron chi connectivity index (χ1n) is 6.78. The van der Waals surface area contributed by atoms with Crippen LogP contribution in [0.4, 0.5) is 0 Å². The molecule has 1 unspecified atom stereocenters. The third-order valence-corrected chi connectivity index (χ3v) is 3.77. The Hall–Kier alpha value is -0.340. The van der Waals surface area contributed by atoms with Gasteiger partial charge in [-0.1, -0.05) is 12.2 Å². The summed E-state index contributed by atoms with van der Waals surface area (Å²) in [6.45, 7) is 9.60. The number of rotatable bonds is 2. The van der Waals surface area contributed by atoms with Gasteiger partial charge in [0, 0.05) is 18.6 Å². The van der Waals surface area contributed by atoms with Gasteiger partial charge in [-0.25, -0.2) is 0 Å². The number of nitrogens with one attached hydrogen (secondary N) is 1. The van der Waals surface area contributed by atoms with E-state index in [0.717, 1.165) is 5.92 Å². The Morgan fingerprint density at radius 3 is 3.00 bits per heavy atom. The molecule has 16 heavy (non-hydrogen) atoms. The fraction of sp³-hybridized carbons (Fsp3) is 0.857. The lowest BCUT2D eigenvalue weighted by atomic mass is 9.93. The molecule has 2 aliphatic rings. The molecule has 0 saturated carbocycles. The van der Waals surface area contributed by atoms with E-state index >= 15 is 0 Å². The summed E-state index contributed by atoms with van der Waals surface area (Å²) in [6.07, 6.45) is 9.98. The summed E-state index contributed by atoms with van der Waals surface area (Å²) >= 11 is 0. The molecule has 2 rings (SSSR count). The zero-order valence-electron chi connectivity index (χ0n) is 10.8. The second kappa shape index (κ2) is 5.33. The molecule has 0 spiro atoms. The van der Waals surface area contributed by atoms with Crippen molar-refractivity contribution >= 4 is 0 Å². The Bertz CT molecular complexity index is 245. The maximum atomic E-state index is 3.63. The minimum Gasteiger partial charge on any atom is -0.310 e. The summed E-state index contributed by atoms with van der Waals surface area (Å²) in [5.74, 6) is 0.902. The molecule has 92 valence electrons. The predicted molar refractivity (Wildman–Crippen MR) is 69.6 cm³/mol. The van der Waals surface area contributed by atoms with E-state index < -0.39 is 0 Å². The summed E-state index contributed by atoms with van der Waals surface area (Å²) in [4.78, 5) is 2.67. The largest absolute Gasteiger partial charge is 0.310 e. The number of hydrogen-bond acceptors (Lipinski definition) is 2. The highest BCUT2D eigenvalue weighted by molar-refractivity contribution is 4.92. The van der Waals surface area contributed by atoms with Crippen LogP contribution in [0.1, 0.15) is 39.5 Å². The Kier molecular flexibility index (Phi) is 4.04. The minimum absolute atomic E-state index is 0.293. The summed E-state index contributed by atoms with van der Waals surface area (Å²) in [5, 5.41) is 3.63. The lowest BCUT2D eigenvalue weighted by Crippen LogP contribution is -2.47. The molecule has 0 aromatic carbocycles. The number of nitrogens with zero attached hydrogens (tertiary/aromatic N) is 1. The molecule has 0 amide bonds. The number of allylic oxidation sites excluding steroid dienone is 2. The molecule has 2 nitrogen and oxygen atoms in total. The van der Waals surface area contributed by atoms with Crippen LogP contribution < -0.4 is 5.32 Å². The molecular weight excluding hydrogens is 196 g/mol. The lowest BCUT2D eigenvalue weighted by Gasteiger charge is -2.32. The molecule has 2 heteroatoms. The first kappa shape index (κ1) is 12.1. The predicted octanol–water partition coefficient (Wildman–Crippen LogP) is 2.42. The van der Waals surface area contributed by atoms with E-state index in [9.17, 15) is 0 Å². The third-order valence-electron chi connectivity index (χ3n) is 3.77. The second-order valence-corrected chi connectivity index (χ2v) is 6.05. The van der Waals surface area contributed by atoms with Crippen molar-refractivity contribution in [3.63, 3.8) is 0 Å². The Balaban J connectivity index is 1.85. The molecule has 1 N–H and O–H groups in total. The summed E-state index contributed by atoms with van der Waals surface area (Å²) in [7, 11) is 0. The van der Waals surface area contributed by atoms with Gasteiger partial charge in [0.05, 0.1) is 0 Å². The van der Waals surface area contributed by atoms with E-state index in [4.69, 9.17) is 0 Å². The van der Waals surface area contributed by atoms with Gasteiger partial charge in [0.2, 0.25) is 0 Å². The summed E-state index contributed by atoms with van der Waals surface area (Å²) in [5.41, 5.74) is 0.293. The zero-order chi connectivity index (χ0) is 11.4. The second-order valence-electron chi connectivity index (χ2n) is 6.05. The topological polar surface area (TPSA) is 15.3 Å². The van der Waals surface area contributed by atoms with Gasteiger partial charge in [-0.15, -0.1) is 0 Å². The van der Waals surface area contributed by atoms with Crippen LogP contribution in [0.25, 0.3) is 0 Å². The molecule has 0 radical (unpaired) electrons. The standard InChI is InChI=1S/C14H26N2/c1-14(2)12-16(10-6-9-15-14)11-13-7-4-3-5-8-13/h3-4,13,15H,5-12H2,1-2H3. The highest BCUT2D eigenvalue weighted by Gasteiger charge is 2.25. The molecule has 1 fully saturated rings. The summed E-state index contributed by atoms with van der Waals surface area (Å²) < 4.78 is 0. The average Bonchev–Trinajstić information content (AvgIpc) is 2.40. The molecule has 0 bridgehead atoms. The van der Waals surface area contributed by atoms with Crippen LogP contribution in [0.2, 0.25) is 0 Å². The quantitative estimate of drug-likeness (QED) is 0.722. The van der Waals surface area contributed by atoms with Crippen molar-refractivity contribution in [2.45, 2.75) is 45.1 Å². The Labute approximate surface area is 100 Å². The van der Waals surface area contributed by atoms with Crippen molar-refractivity contribution in [3.8, 4) is 0 Å². The van der Waals surface area contributed by atoms with Crippen molar-refractivity contribution in [2.75, 3.05) is 26.2 Å². The van der Waals surface area contributed by atoms with Crippen molar-refractivity contribution in [1.29, 1.82) is 0 Å². The fourth-order valence-corrected chi connectivity index (χ4v) is 2.97. The first-order valence-corrected chi connectivity index (χ1v) is 6.78. The smallest absolute Gasteiger partial charge is 0.0252 e. The van der Waals surface area contributed by atoms with Gasteiger partial charge in [0.1, 0.15) is 0 Å². The monoisotopic (exact) mass is 222 g/mol. The highest BCUT2D eigenvalue weighted by atomic mass is 15.2. The minimum atomic E-state index is 0.293. The van der Waals surface area contributed by atoms with Gasteiger partial charge in [0.25, 0.3) is 0 Å². The highest BCUT2D eigenvalue weighted by Crippen LogP contribution is 2.21. The molecule has 0 aromatic rings. The SMILES string of the molecule is CC1(C)CN(CC2CC=CCC2)CCCN1. The first-order chi connectivity index (χ1) is 7.66. The van der Waals surface area contributed by atoms with Crippen LogP contribution in [0.3, 0.4) is 0 Å². The number of hydrogen-bond donors (Lipinski definition) is 1. The van der Waals surface area contributed by atoms with Crippen LogP contribution in [0, 0.1) is 5.92 Å². The summed E-state index contributed by atoms with van der Waals surface area (Å²) in [6, 6.07) is 0. The maximum absolute atomic E-state index is 3.63. The van der Waals surface area contributed by atoms with E-state index in [2.05, 4.69) is 36.2 Å². The van der Waals surface area contributed by atoms with Crippen LogP contribution in [0.15, 0.2) is 12.2 Å². The third kappa shape index (κ3) is 3.60. The van der Waals surface area contributed by atoms with E-state index in [1.165, 1.54) is 51.9 Å². The zero-order valence-corrected chi connectivity index (χ0v) is 10.8. The van der Waals surface area contributed by atoms with Crippen LogP contribution in [0.5, 0.6) is 0 Å². The van der Waals surface area contributed by atoms with Gasteiger partial charge in [-0.05, 0) is 58.5 Å². The van der Waals surface area contributed by atoms with Crippen LogP contribution in [-0.2, 0) is 0 Å². The van der Waals surface area contributed by atoms with Gasteiger partial charge in [-0.3, -0.25) is 0 Å². The van der Waals surface area contributed by atoms with E-state index in [1.807, 2.05) is 0 Å². The molecular formula is C14H26N2. The van der Waals surface area contributed by atoms with Crippen molar-refractivity contribution < 1.29 is 0 Å². The van der Waals surface area contributed by atoms with Crippen molar-refractivity contribution in [2.24, 2.45) is 5.92 Å². The maximum Gasteiger partial charge on any atom is 0.0252 e. The van der Waals surface area contributed by atoms with E-state index in [1.54, 1.807) is 0 Å². The lowest BCUT2D eigenvalue weighted by molar-refractivity contribution is 0.194. The Morgan fingerprint density at radius 1 is 1.38 bits per heavy atom. The van der Waals surface area contributed by atoms with Gasteiger partial charge in [-0.2, -0.15) is 0 Å². The van der Waals surface area contributed by atoms with E-state index in [-0.39, 0.29) is 0 Å². The molecule has 1 saturated heterocycles. The Morgan fingerprint density at radius 2 is 2.25 bits per heavy atom. The molecule has 1 atom stereocenters. The molecule has 1 aliphatic carbocycles. The fourth-order valence-electron chi connectivity index (χ4n) is 2.97. The van der Waals surface area contributed by atoms with E-state index in [0.29, 0.717) is 5.54 Å². The van der Waals surface area contributed by atoms with Crippen molar-refractivity contribution in [1.82, 2.24) is 10.2 Å². The molecule has 1 aliphatic heterocycles. The van der Waals surface area contributed by atoms with Crippen LogP contribution >= 0.6 is 0 Å². The van der Waals surface area contributed by atoms with Crippen molar-refractivity contribution in [3.05, 3.63) is 12.2 Å².